The second kappa shape index (κ2) is 7.88. The van der Waals surface area contributed by atoms with E-state index < -0.39 is 5.54 Å². The topological polar surface area (TPSA) is 70.6 Å². The van der Waals surface area contributed by atoms with Crippen LogP contribution in [0.2, 0.25) is 0 Å². The van der Waals surface area contributed by atoms with Crippen LogP contribution in [-0.2, 0) is 5.54 Å². The lowest BCUT2D eigenvalue weighted by atomic mass is 9.93. The van der Waals surface area contributed by atoms with Crippen LogP contribution in [0, 0.1) is 0 Å². The third kappa shape index (κ3) is 5.27. The number of aliphatic hydroxyl groups is 1. The van der Waals surface area contributed by atoms with Crippen molar-refractivity contribution in [3.05, 3.63) is 29.8 Å². The standard InChI is InChI=1S/C16H26N2O3/c1-12(8-7-11-19)17-15(20)18-16(2,3)13-9-5-6-10-14(13)21-4/h5-6,9-10,12,19H,7-8,11H2,1-4H3,(H2,17,18,20). The first-order chi connectivity index (χ1) is 9.90. The molecule has 3 N–H and O–H groups in total. The minimum atomic E-state index is -0.548. The molecule has 0 aliphatic rings. The van der Waals surface area contributed by atoms with Gasteiger partial charge in [0.2, 0.25) is 0 Å². The van der Waals surface area contributed by atoms with Crippen molar-refractivity contribution < 1.29 is 14.6 Å². The molecule has 1 aromatic rings. The van der Waals surface area contributed by atoms with E-state index in [4.69, 9.17) is 9.84 Å². The highest BCUT2D eigenvalue weighted by Gasteiger charge is 2.26. The summed E-state index contributed by atoms with van der Waals surface area (Å²) in [6, 6.07) is 7.43. The SMILES string of the molecule is COc1ccccc1C(C)(C)NC(=O)NC(C)CCCO. The molecule has 2 amide bonds. The highest BCUT2D eigenvalue weighted by atomic mass is 16.5. The van der Waals surface area contributed by atoms with Crippen molar-refractivity contribution in [2.75, 3.05) is 13.7 Å². The first kappa shape index (κ1) is 17.3. The number of carbonyl (C=O) groups is 1. The van der Waals surface area contributed by atoms with Gasteiger partial charge in [-0.3, -0.25) is 0 Å². The van der Waals surface area contributed by atoms with E-state index in [-0.39, 0.29) is 18.7 Å². The molecule has 0 aliphatic heterocycles. The molecule has 0 bridgehead atoms. The normalized spacial score (nSPS) is 12.6. The van der Waals surface area contributed by atoms with Crippen molar-refractivity contribution in [3.8, 4) is 5.75 Å². The van der Waals surface area contributed by atoms with E-state index >= 15 is 0 Å². The number of para-hydroxylation sites is 1. The molecule has 1 atom stereocenters. The molecule has 5 heteroatoms. The average molecular weight is 294 g/mol. The number of ether oxygens (including phenoxy) is 1. The minimum Gasteiger partial charge on any atom is -0.496 e. The Morgan fingerprint density at radius 3 is 2.67 bits per heavy atom. The van der Waals surface area contributed by atoms with E-state index in [1.54, 1.807) is 7.11 Å². The Kier molecular flexibility index (Phi) is 6.49. The van der Waals surface area contributed by atoms with Gasteiger partial charge >= 0.3 is 6.03 Å². The highest BCUT2D eigenvalue weighted by Crippen LogP contribution is 2.29. The summed E-state index contributed by atoms with van der Waals surface area (Å²) in [6.07, 6.45) is 1.43. The second-order valence-corrected chi connectivity index (χ2v) is 5.69. The van der Waals surface area contributed by atoms with Crippen LogP contribution in [0.5, 0.6) is 5.75 Å². The first-order valence-electron chi connectivity index (χ1n) is 7.23. The van der Waals surface area contributed by atoms with E-state index in [9.17, 15) is 4.79 Å². The summed E-state index contributed by atoms with van der Waals surface area (Å²) in [7, 11) is 1.62. The van der Waals surface area contributed by atoms with E-state index in [2.05, 4.69) is 10.6 Å². The summed E-state index contributed by atoms with van der Waals surface area (Å²) in [4.78, 5) is 12.1. The molecule has 0 saturated carbocycles. The number of urea groups is 1. The van der Waals surface area contributed by atoms with Crippen LogP contribution in [0.3, 0.4) is 0 Å². The Labute approximate surface area is 126 Å². The van der Waals surface area contributed by atoms with Crippen LogP contribution in [0.4, 0.5) is 4.79 Å². The molecule has 0 spiro atoms. The fraction of sp³-hybridized carbons (Fsp3) is 0.562. The van der Waals surface area contributed by atoms with Gasteiger partial charge in [0.25, 0.3) is 0 Å². The molecule has 0 fully saturated rings. The number of benzene rings is 1. The number of amides is 2. The average Bonchev–Trinajstić information content (AvgIpc) is 2.44. The minimum absolute atomic E-state index is 0.0191. The molecular weight excluding hydrogens is 268 g/mol. The van der Waals surface area contributed by atoms with Crippen LogP contribution in [0.25, 0.3) is 0 Å². The van der Waals surface area contributed by atoms with Crippen LogP contribution in [0.15, 0.2) is 24.3 Å². The lowest BCUT2D eigenvalue weighted by Crippen LogP contribution is -2.49. The second-order valence-electron chi connectivity index (χ2n) is 5.69. The Balaban J connectivity index is 2.69. The van der Waals surface area contributed by atoms with Crippen molar-refractivity contribution in [2.24, 2.45) is 0 Å². The number of hydrogen-bond acceptors (Lipinski definition) is 3. The molecule has 1 aromatic carbocycles. The van der Waals surface area contributed by atoms with E-state index in [1.165, 1.54) is 0 Å². The fourth-order valence-corrected chi connectivity index (χ4v) is 2.24. The van der Waals surface area contributed by atoms with Crippen molar-refractivity contribution in [1.82, 2.24) is 10.6 Å². The Morgan fingerprint density at radius 1 is 1.38 bits per heavy atom. The molecule has 21 heavy (non-hydrogen) atoms. The summed E-state index contributed by atoms with van der Waals surface area (Å²) in [5.41, 5.74) is 0.374. The predicted molar refractivity (Wildman–Crippen MR) is 83.5 cm³/mol. The van der Waals surface area contributed by atoms with Gasteiger partial charge in [0.1, 0.15) is 5.75 Å². The van der Waals surface area contributed by atoms with Crippen LogP contribution in [0.1, 0.15) is 39.2 Å². The number of carbonyl (C=O) groups excluding carboxylic acids is 1. The maximum atomic E-state index is 12.1. The van der Waals surface area contributed by atoms with Gasteiger partial charge in [0.15, 0.2) is 0 Å². The van der Waals surface area contributed by atoms with Gasteiger partial charge in [-0.25, -0.2) is 4.79 Å². The van der Waals surface area contributed by atoms with Gasteiger partial charge in [-0.2, -0.15) is 0 Å². The Morgan fingerprint density at radius 2 is 2.05 bits per heavy atom. The lowest BCUT2D eigenvalue weighted by Gasteiger charge is -2.29. The maximum absolute atomic E-state index is 12.1. The van der Waals surface area contributed by atoms with Crippen LogP contribution < -0.4 is 15.4 Å². The molecule has 0 heterocycles. The van der Waals surface area contributed by atoms with E-state index in [0.717, 1.165) is 17.7 Å². The zero-order valence-electron chi connectivity index (χ0n) is 13.3. The van der Waals surface area contributed by atoms with Crippen molar-refractivity contribution >= 4 is 6.03 Å². The summed E-state index contributed by atoms with van der Waals surface area (Å²) < 4.78 is 5.35. The van der Waals surface area contributed by atoms with Gasteiger partial charge in [-0.15, -0.1) is 0 Å². The number of aliphatic hydroxyl groups excluding tert-OH is 1. The molecule has 0 aliphatic carbocycles. The lowest BCUT2D eigenvalue weighted by molar-refractivity contribution is 0.223. The van der Waals surface area contributed by atoms with Gasteiger partial charge < -0.3 is 20.5 Å². The monoisotopic (exact) mass is 294 g/mol. The highest BCUT2D eigenvalue weighted by molar-refractivity contribution is 5.75. The fourth-order valence-electron chi connectivity index (χ4n) is 2.24. The van der Waals surface area contributed by atoms with Crippen LogP contribution in [-0.4, -0.2) is 30.9 Å². The van der Waals surface area contributed by atoms with Gasteiger partial charge in [-0.1, -0.05) is 18.2 Å². The zero-order chi connectivity index (χ0) is 15.9. The number of hydrogen-bond donors (Lipinski definition) is 3. The number of nitrogens with one attached hydrogen (secondary N) is 2. The maximum Gasteiger partial charge on any atom is 0.315 e. The summed E-state index contributed by atoms with van der Waals surface area (Å²) in [5.74, 6) is 0.746. The van der Waals surface area contributed by atoms with Gasteiger partial charge in [-0.05, 0) is 39.7 Å². The Bertz CT molecular complexity index is 461. The Hall–Kier alpha value is -1.75. The molecule has 1 rings (SSSR count). The third-order valence-electron chi connectivity index (χ3n) is 3.38. The largest absolute Gasteiger partial charge is 0.496 e. The molecule has 118 valence electrons. The van der Waals surface area contributed by atoms with Gasteiger partial charge in [0.05, 0.1) is 12.6 Å². The third-order valence-corrected chi connectivity index (χ3v) is 3.38. The van der Waals surface area contributed by atoms with Crippen LogP contribution >= 0.6 is 0 Å². The summed E-state index contributed by atoms with van der Waals surface area (Å²) in [6.45, 7) is 5.93. The predicted octanol–water partition coefficient (Wildman–Crippen LogP) is 2.39. The molecule has 0 aromatic heterocycles. The number of methoxy groups -OCH3 is 1. The molecule has 5 nitrogen and oxygen atoms in total. The molecule has 0 saturated heterocycles. The van der Waals surface area contributed by atoms with E-state index in [0.29, 0.717) is 6.42 Å². The molecular formula is C16H26N2O3. The first-order valence-corrected chi connectivity index (χ1v) is 7.23. The van der Waals surface area contributed by atoms with Crippen molar-refractivity contribution in [1.29, 1.82) is 0 Å². The van der Waals surface area contributed by atoms with Crippen molar-refractivity contribution in [3.63, 3.8) is 0 Å². The smallest absolute Gasteiger partial charge is 0.315 e. The van der Waals surface area contributed by atoms with Crippen molar-refractivity contribution in [2.45, 2.75) is 45.2 Å². The van der Waals surface area contributed by atoms with E-state index in [1.807, 2.05) is 45.0 Å². The number of rotatable bonds is 7. The summed E-state index contributed by atoms with van der Waals surface area (Å²) in [5, 5.41) is 14.6. The summed E-state index contributed by atoms with van der Waals surface area (Å²) >= 11 is 0. The molecule has 1 unspecified atom stereocenters. The zero-order valence-corrected chi connectivity index (χ0v) is 13.3. The van der Waals surface area contributed by atoms with Gasteiger partial charge in [0, 0.05) is 18.2 Å². The quantitative estimate of drug-likeness (QED) is 0.723. The molecule has 0 radical (unpaired) electrons.